The molecule has 0 aliphatic heterocycles. The number of aromatic amines is 1. The fourth-order valence-corrected chi connectivity index (χ4v) is 0.803. The quantitative estimate of drug-likeness (QED) is 0.587. The number of aryl methyl sites for hydroxylation is 1. The molecule has 0 bridgehead atoms. The van der Waals surface area contributed by atoms with Crippen LogP contribution >= 0.6 is 0 Å². The zero-order chi connectivity index (χ0) is 6.69. The van der Waals surface area contributed by atoms with Gasteiger partial charge in [0.2, 0.25) is 0 Å². The molecule has 1 aromatic heterocycles. The van der Waals surface area contributed by atoms with Gasteiger partial charge in [0.05, 0.1) is 0 Å². The van der Waals surface area contributed by atoms with Gasteiger partial charge in [-0.15, -0.1) is 0 Å². The van der Waals surface area contributed by atoms with Crippen LogP contribution < -0.4 is 0 Å². The normalized spacial score (nSPS) is 10.9. The van der Waals surface area contributed by atoms with Crippen molar-refractivity contribution >= 4 is 6.08 Å². The minimum absolute atomic E-state index is 1.18. The highest BCUT2D eigenvalue weighted by Gasteiger charge is 1.85. The Hall–Kier alpha value is -0.980. The summed E-state index contributed by atoms with van der Waals surface area (Å²) in [6.45, 7) is 4.06. The predicted molar refractivity (Wildman–Crippen MR) is 40.2 cm³/mol. The molecule has 0 amide bonds. The van der Waals surface area contributed by atoms with Crippen LogP contribution in [0.3, 0.4) is 0 Å². The summed E-state index contributed by atoms with van der Waals surface area (Å²) in [5, 5.41) is 0. The van der Waals surface area contributed by atoms with Gasteiger partial charge in [-0.1, -0.05) is 6.08 Å². The summed E-state index contributed by atoms with van der Waals surface area (Å²) in [6.07, 6.45) is 4.07. The van der Waals surface area contributed by atoms with E-state index in [1.807, 2.05) is 26.0 Å². The average Bonchev–Trinajstić information content (AvgIpc) is 2.17. The minimum atomic E-state index is 1.18. The Morgan fingerprint density at radius 1 is 1.44 bits per heavy atom. The van der Waals surface area contributed by atoms with E-state index in [1.54, 1.807) is 0 Å². The van der Waals surface area contributed by atoms with Crippen molar-refractivity contribution in [1.29, 1.82) is 0 Å². The van der Waals surface area contributed by atoms with Gasteiger partial charge in [-0.2, -0.15) is 0 Å². The van der Waals surface area contributed by atoms with E-state index in [1.165, 1.54) is 11.4 Å². The van der Waals surface area contributed by atoms with E-state index in [0.29, 0.717) is 0 Å². The van der Waals surface area contributed by atoms with E-state index in [9.17, 15) is 0 Å². The molecule has 0 aromatic carbocycles. The standard InChI is InChI=1S/C8H11N/c1-3-4-8-6-5-7(2)9-8/h3-6,9H,1-2H3. The van der Waals surface area contributed by atoms with Crippen LogP contribution in [0.15, 0.2) is 18.2 Å². The van der Waals surface area contributed by atoms with Gasteiger partial charge < -0.3 is 4.98 Å². The molecule has 1 heterocycles. The maximum atomic E-state index is 3.19. The molecule has 1 heteroatoms. The lowest BCUT2D eigenvalue weighted by molar-refractivity contribution is 1.25. The summed E-state index contributed by atoms with van der Waals surface area (Å²) in [5.74, 6) is 0. The number of rotatable bonds is 1. The van der Waals surface area contributed by atoms with Crippen LogP contribution in [0.5, 0.6) is 0 Å². The van der Waals surface area contributed by atoms with Gasteiger partial charge in [0, 0.05) is 11.4 Å². The smallest absolute Gasteiger partial charge is 0.0379 e. The molecule has 1 nitrogen and oxygen atoms in total. The zero-order valence-electron chi connectivity index (χ0n) is 5.81. The van der Waals surface area contributed by atoms with Crippen molar-refractivity contribution in [3.63, 3.8) is 0 Å². The van der Waals surface area contributed by atoms with Crippen LogP contribution in [0, 0.1) is 6.92 Å². The van der Waals surface area contributed by atoms with Crippen molar-refractivity contribution < 1.29 is 0 Å². The molecule has 0 atom stereocenters. The first-order valence-corrected chi connectivity index (χ1v) is 3.11. The van der Waals surface area contributed by atoms with Gasteiger partial charge in [-0.25, -0.2) is 0 Å². The zero-order valence-corrected chi connectivity index (χ0v) is 5.81. The molecule has 0 aliphatic rings. The Morgan fingerprint density at radius 2 is 2.22 bits per heavy atom. The fraction of sp³-hybridized carbons (Fsp3) is 0.250. The van der Waals surface area contributed by atoms with Crippen LogP contribution in [0.1, 0.15) is 18.3 Å². The lowest BCUT2D eigenvalue weighted by Gasteiger charge is -1.81. The fourth-order valence-electron chi connectivity index (χ4n) is 0.803. The molecule has 0 unspecified atom stereocenters. The van der Waals surface area contributed by atoms with Crippen LogP contribution in [-0.2, 0) is 0 Å². The highest BCUT2D eigenvalue weighted by molar-refractivity contribution is 5.44. The topological polar surface area (TPSA) is 15.8 Å². The summed E-state index contributed by atoms with van der Waals surface area (Å²) in [7, 11) is 0. The molecule has 1 N–H and O–H groups in total. The van der Waals surface area contributed by atoms with E-state index in [0.717, 1.165) is 0 Å². The third-order valence-corrected chi connectivity index (χ3v) is 1.20. The first kappa shape index (κ1) is 6.14. The Morgan fingerprint density at radius 3 is 2.67 bits per heavy atom. The Kier molecular flexibility index (Phi) is 1.73. The van der Waals surface area contributed by atoms with Crippen LogP contribution in [0.4, 0.5) is 0 Å². The van der Waals surface area contributed by atoms with Crippen molar-refractivity contribution in [1.82, 2.24) is 4.98 Å². The molecular formula is C8H11N. The van der Waals surface area contributed by atoms with Crippen LogP contribution in [-0.4, -0.2) is 4.98 Å². The van der Waals surface area contributed by atoms with Crippen molar-refractivity contribution in [2.75, 3.05) is 0 Å². The molecule has 0 fully saturated rings. The first-order chi connectivity index (χ1) is 4.33. The highest BCUT2D eigenvalue weighted by atomic mass is 14.7. The first-order valence-electron chi connectivity index (χ1n) is 3.11. The molecule has 0 saturated carbocycles. The third-order valence-electron chi connectivity index (χ3n) is 1.20. The van der Waals surface area contributed by atoms with Gasteiger partial charge in [-0.05, 0) is 32.1 Å². The van der Waals surface area contributed by atoms with Gasteiger partial charge in [0.1, 0.15) is 0 Å². The van der Waals surface area contributed by atoms with E-state index >= 15 is 0 Å². The Balaban J connectivity index is 2.85. The number of allylic oxidation sites excluding steroid dienone is 1. The summed E-state index contributed by atoms with van der Waals surface area (Å²) in [6, 6.07) is 4.13. The van der Waals surface area contributed by atoms with Gasteiger partial charge >= 0.3 is 0 Å². The van der Waals surface area contributed by atoms with Crippen molar-refractivity contribution in [3.8, 4) is 0 Å². The van der Waals surface area contributed by atoms with Crippen LogP contribution in [0.25, 0.3) is 6.08 Å². The maximum Gasteiger partial charge on any atom is 0.0379 e. The number of H-pyrrole nitrogens is 1. The molecule has 0 spiro atoms. The predicted octanol–water partition coefficient (Wildman–Crippen LogP) is 2.36. The number of nitrogens with one attached hydrogen (secondary N) is 1. The minimum Gasteiger partial charge on any atom is -0.359 e. The summed E-state index contributed by atoms with van der Waals surface area (Å²) < 4.78 is 0. The van der Waals surface area contributed by atoms with E-state index < -0.39 is 0 Å². The van der Waals surface area contributed by atoms with Gasteiger partial charge in [-0.3, -0.25) is 0 Å². The number of hydrogen-bond acceptors (Lipinski definition) is 0. The second-order valence-electron chi connectivity index (χ2n) is 2.10. The third kappa shape index (κ3) is 1.46. The number of aromatic nitrogens is 1. The van der Waals surface area contributed by atoms with Gasteiger partial charge in [0.25, 0.3) is 0 Å². The molecule has 9 heavy (non-hydrogen) atoms. The molecule has 1 rings (SSSR count). The highest BCUT2D eigenvalue weighted by Crippen LogP contribution is 2.01. The molecule has 0 radical (unpaired) electrons. The lowest BCUT2D eigenvalue weighted by Crippen LogP contribution is -1.69. The Bertz CT molecular complexity index is 208. The maximum absolute atomic E-state index is 3.19. The van der Waals surface area contributed by atoms with Crippen LogP contribution in [0.2, 0.25) is 0 Å². The van der Waals surface area contributed by atoms with E-state index in [2.05, 4.69) is 17.1 Å². The molecule has 0 saturated heterocycles. The van der Waals surface area contributed by atoms with Crippen molar-refractivity contribution in [2.45, 2.75) is 13.8 Å². The lowest BCUT2D eigenvalue weighted by atomic mass is 10.4. The number of hydrogen-bond donors (Lipinski definition) is 1. The molecule has 48 valence electrons. The second kappa shape index (κ2) is 2.53. The van der Waals surface area contributed by atoms with E-state index in [-0.39, 0.29) is 0 Å². The van der Waals surface area contributed by atoms with Crippen molar-refractivity contribution in [2.24, 2.45) is 0 Å². The molecule has 1 aromatic rings. The Labute approximate surface area is 55.4 Å². The second-order valence-corrected chi connectivity index (χ2v) is 2.10. The molecular weight excluding hydrogens is 110 g/mol. The SMILES string of the molecule is CC=Cc1ccc(C)[nH]1. The largest absolute Gasteiger partial charge is 0.359 e. The summed E-state index contributed by atoms with van der Waals surface area (Å²) in [5.41, 5.74) is 2.39. The van der Waals surface area contributed by atoms with Gasteiger partial charge in [0.15, 0.2) is 0 Å². The average molecular weight is 121 g/mol. The summed E-state index contributed by atoms with van der Waals surface area (Å²) in [4.78, 5) is 3.19. The monoisotopic (exact) mass is 121 g/mol. The summed E-state index contributed by atoms with van der Waals surface area (Å²) >= 11 is 0. The molecule has 0 aliphatic carbocycles. The van der Waals surface area contributed by atoms with E-state index in [4.69, 9.17) is 0 Å². The van der Waals surface area contributed by atoms with Crippen molar-refractivity contribution in [3.05, 3.63) is 29.6 Å².